The number of hydrogen-bond donors (Lipinski definition) is 1. The van der Waals surface area contributed by atoms with E-state index in [1.807, 2.05) is 36.6 Å². The predicted octanol–water partition coefficient (Wildman–Crippen LogP) is 4.05. The number of esters is 1. The summed E-state index contributed by atoms with van der Waals surface area (Å²) in [5.74, 6) is -1.82. The number of carbonyl (C=O) groups is 2. The number of rotatable bonds is 5. The van der Waals surface area contributed by atoms with Gasteiger partial charge in [0, 0.05) is 10.9 Å². The first-order valence-corrected chi connectivity index (χ1v) is 8.64. The van der Waals surface area contributed by atoms with Crippen molar-refractivity contribution in [2.75, 3.05) is 11.9 Å². The fraction of sp³-hybridized carbons (Fsp3) is 0.105. The first-order chi connectivity index (χ1) is 12.5. The molecule has 0 aliphatic rings. The van der Waals surface area contributed by atoms with E-state index in [4.69, 9.17) is 4.74 Å². The minimum absolute atomic E-state index is 0.0497. The van der Waals surface area contributed by atoms with Crippen LogP contribution in [0.4, 0.5) is 9.52 Å². The van der Waals surface area contributed by atoms with Gasteiger partial charge in [-0.3, -0.25) is 10.1 Å². The number of aryl methyl sites for hydroxylation is 1. The SMILES string of the molecule is Cc1ccc(-c2csc(NC(=O)COC(=O)c3cccc(F)c3)n2)cc1. The molecule has 3 aromatic rings. The van der Waals surface area contributed by atoms with Crippen molar-refractivity contribution >= 4 is 28.3 Å². The highest BCUT2D eigenvalue weighted by atomic mass is 32.1. The third-order valence-electron chi connectivity index (χ3n) is 3.49. The third-order valence-corrected chi connectivity index (χ3v) is 4.25. The Morgan fingerprint density at radius 3 is 2.69 bits per heavy atom. The van der Waals surface area contributed by atoms with Crippen molar-refractivity contribution in [3.05, 3.63) is 70.9 Å². The molecular formula is C19H15FN2O3S. The number of hydrogen-bond acceptors (Lipinski definition) is 5. The maximum absolute atomic E-state index is 13.1. The van der Waals surface area contributed by atoms with Crippen LogP contribution in [0.2, 0.25) is 0 Å². The lowest BCUT2D eigenvalue weighted by molar-refractivity contribution is -0.119. The molecule has 0 fully saturated rings. The number of halogens is 1. The summed E-state index contributed by atoms with van der Waals surface area (Å²) in [5, 5.41) is 4.82. The van der Waals surface area contributed by atoms with Crippen LogP contribution in [0.3, 0.4) is 0 Å². The van der Waals surface area contributed by atoms with E-state index >= 15 is 0 Å². The second-order valence-corrected chi connectivity index (χ2v) is 6.40. The minimum atomic E-state index is -0.765. The van der Waals surface area contributed by atoms with E-state index in [1.54, 1.807) is 0 Å². The molecule has 0 bridgehead atoms. The molecule has 1 N–H and O–H groups in total. The standard InChI is InChI=1S/C19H15FN2O3S/c1-12-5-7-13(8-6-12)16-11-26-19(21-16)22-17(23)10-25-18(24)14-3-2-4-15(20)9-14/h2-9,11H,10H2,1H3,(H,21,22,23). The van der Waals surface area contributed by atoms with E-state index in [9.17, 15) is 14.0 Å². The van der Waals surface area contributed by atoms with Gasteiger partial charge in [-0.15, -0.1) is 11.3 Å². The smallest absolute Gasteiger partial charge is 0.338 e. The molecule has 26 heavy (non-hydrogen) atoms. The molecule has 1 amide bonds. The zero-order valence-electron chi connectivity index (χ0n) is 13.9. The Bertz CT molecular complexity index is 938. The lowest BCUT2D eigenvalue weighted by Gasteiger charge is -2.04. The van der Waals surface area contributed by atoms with E-state index in [0.717, 1.165) is 22.9 Å². The van der Waals surface area contributed by atoms with Crippen molar-refractivity contribution in [2.24, 2.45) is 0 Å². The monoisotopic (exact) mass is 370 g/mol. The summed E-state index contributed by atoms with van der Waals surface area (Å²) in [6.45, 7) is 1.52. The van der Waals surface area contributed by atoms with Gasteiger partial charge >= 0.3 is 5.97 Å². The van der Waals surface area contributed by atoms with E-state index in [0.29, 0.717) is 5.13 Å². The Morgan fingerprint density at radius 2 is 1.96 bits per heavy atom. The van der Waals surface area contributed by atoms with Gasteiger partial charge in [-0.2, -0.15) is 0 Å². The molecule has 2 aromatic carbocycles. The molecule has 0 unspecified atom stereocenters. The fourth-order valence-electron chi connectivity index (χ4n) is 2.17. The topological polar surface area (TPSA) is 68.3 Å². The van der Waals surface area contributed by atoms with Crippen molar-refractivity contribution in [3.63, 3.8) is 0 Å². The van der Waals surface area contributed by atoms with Gasteiger partial charge in [-0.1, -0.05) is 35.9 Å². The number of ether oxygens (including phenoxy) is 1. The second kappa shape index (κ2) is 7.88. The molecule has 3 rings (SSSR count). The Morgan fingerprint density at radius 1 is 1.19 bits per heavy atom. The summed E-state index contributed by atoms with van der Waals surface area (Å²) in [6.07, 6.45) is 0. The molecule has 7 heteroatoms. The van der Waals surface area contributed by atoms with Crippen molar-refractivity contribution in [1.29, 1.82) is 0 Å². The Balaban J connectivity index is 1.55. The molecule has 132 valence electrons. The lowest BCUT2D eigenvalue weighted by Crippen LogP contribution is -2.20. The van der Waals surface area contributed by atoms with Crippen molar-refractivity contribution in [1.82, 2.24) is 4.98 Å². The molecule has 0 aliphatic heterocycles. The maximum atomic E-state index is 13.1. The van der Waals surface area contributed by atoms with Crippen LogP contribution in [-0.2, 0) is 9.53 Å². The van der Waals surface area contributed by atoms with Crippen molar-refractivity contribution < 1.29 is 18.7 Å². The summed E-state index contributed by atoms with van der Waals surface area (Å²) in [7, 11) is 0. The van der Waals surface area contributed by atoms with E-state index < -0.39 is 24.3 Å². The van der Waals surface area contributed by atoms with E-state index in [-0.39, 0.29) is 5.56 Å². The number of nitrogens with one attached hydrogen (secondary N) is 1. The summed E-state index contributed by atoms with van der Waals surface area (Å²) < 4.78 is 18.0. The first kappa shape index (κ1) is 17.8. The molecule has 0 atom stereocenters. The number of amides is 1. The molecule has 0 saturated carbocycles. The van der Waals surface area contributed by atoms with Crippen LogP contribution in [0.25, 0.3) is 11.3 Å². The fourth-order valence-corrected chi connectivity index (χ4v) is 2.91. The quantitative estimate of drug-likeness (QED) is 0.688. The molecule has 0 aliphatic carbocycles. The van der Waals surface area contributed by atoms with Gasteiger partial charge in [-0.05, 0) is 25.1 Å². The molecular weight excluding hydrogens is 355 g/mol. The lowest BCUT2D eigenvalue weighted by atomic mass is 10.1. The van der Waals surface area contributed by atoms with Gasteiger partial charge in [0.05, 0.1) is 11.3 Å². The summed E-state index contributed by atoms with van der Waals surface area (Å²) in [6, 6.07) is 13.0. The second-order valence-electron chi connectivity index (χ2n) is 5.54. The number of thiazole rings is 1. The van der Waals surface area contributed by atoms with Gasteiger partial charge in [0.15, 0.2) is 11.7 Å². The van der Waals surface area contributed by atoms with Crippen molar-refractivity contribution in [3.8, 4) is 11.3 Å². The van der Waals surface area contributed by atoms with E-state index in [1.165, 1.54) is 29.5 Å². The third kappa shape index (κ3) is 4.52. The van der Waals surface area contributed by atoms with Gasteiger partial charge in [0.1, 0.15) is 5.82 Å². The highest BCUT2D eigenvalue weighted by Crippen LogP contribution is 2.25. The van der Waals surface area contributed by atoms with E-state index in [2.05, 4.69) is 10.3 Å². The minimum Gasteiger partial charge on any atom is -0.452 e. The molecule has 5 nitrogen and oxygen atoms in total. The predicted molar refractivity (Wildman–Crippen MR) is 97.6 cm³/mol. The molecule has 1 heterocycles. The molecule has 0 spiro atoms. The Hall–Kier alpha value is -3.06. The highest BCUT2D eigenvalue weighted by molar-refractivity contribution is 7.14. The molecule has 1 aromatic heterocycles. The zero-order chi connectivity index (χ0) is 18.5. The Kier molecular flexibility index (Phi) is 5.38. The highest BCUT2D eigenvalue weighted by Gasteiger charge is 2.12. The number of carbonyl (C=O) groups excluding carboxylic acids is 2. The van der Waals surface area contributed by atoms with Gasteiger partial charge in [-0.25, -0.2) is 14.2 Å². The van der Waals surface area contributed by atoms with Crippen molar-refractivity contribution in [2.45, 2.75) is 6.92 Å². The van der Waals surface area contributed by atoms with Gasteiger partial charge in [0.25, 0.3) is 5.91 Å². The van der Waals surface area contributed by atoms with Crippen LogP contribution in [0.1, 0.15) is 15.9 Å². The van der Waals surface area contributed by atoms with Gasteiger partial charge < -0.3 is 4.74 Å². The van der Waals surface area contributed by atoms with Crippen LogP contribution in [-0.4, -0.2) is 23.5 Å². The average Bonchev–Trinajstić information content (AvgIpc) is 3.08. The molecule has 0 saturated heterocycles. The number of aromatic nitrogens is 1. The van der Waals surface area contributed by atoms with Crippen LogP contribution in [0, 0.1) is 12.7 Å². The number of benzene rings is 2. The Labute approximate surface area is 153 Å². The summed E-state index contributed by atoms with van der Waals surface area (Å²) in [4.78, 5) is 28.0. The molecule has 0 radical (unpaired) electrons. The summed E-state index contributed by atoms with van der Waals surface area (Å²) >= 11 is 1.28. The zero-order valence-corrected chi connectivity index (χ0v) is 14.7. The van der Waals surface area contributed by atoms with Crippen LogP contribution < -0.4 is 5.32 Å². The van der Waals surface area contributed by atoms with Gasteiger partial charge in [0.2, 0.25) is 0 Å². The number of anilines is 1. The number of nitrogens with zero attached hydrogens (tertiary/aromatic N) is 1. The largest absolute Gasteiger partial charge is 0.452 e. The van der Waals surface area contributed by atoms with Crippen LogP contribution in [0.5, 0.6) is 0 Å². The normalized spacial score (nSPS) is 10.4. The van der Waals surface area contributed by atoms with Crippen LogP contribution in [0.15, 0.2) is 53.9 Å². The first-order valence-electron chi connectivity index (χ1n) is 7.76. The summed E-state index contributed by atoms with van der Waals surface area (Å²) in [5.41, 5.74) is 2.90. The van der Waals surface area contributed by atoms with Crippen LogP contribution >= 0.6 is 11.3 Å². The average molecular weight is 370 g/mol. The maximum Gasteiger partial charge on any atom is 0.338 e.